The van der Waals surface area contributed by atoms with Crippen molar-refractivity contribution in [2.24, 2.45) is 0 Å². The Kier molecular flexibility index (Phi) is 5.68. The van der Waals surface area contributed by atoms with Crippen LogP contribution in [0.25, 0.3) is 0 Å². The van der Waals surface area contributed by atoms with E-state index in [1.165, 1.54) is 0 Å². The number of anilines is 1. The Morgan fingerprint density at radius 1 is 1.22 bits per heavy atom. The first kappa shape index (κ1) is 19.2. The Morgan fingerprint density at radius 3 is 2.56 bits per heavy atom. The van der Waals surface area contributed by atoms with E-state index >= 15 is 0 Å². The lowest BCUT2D eigenvalue weighted by molar-refractivity contribution is -0.113. The number of carbonyl (C=O) groups is 1. The number of allylic oxidation sites excluding steroid dienone is 1. The maximum Gasteiger partial charge on any atom is 0.255 e. The van der Waals surface area contributed by atoms with Crippen LogP contribution in [0.3, 0.4) is 0 Å². The number of rotatable bonds is 4. The molecule has 0 bridgehead atoms. The molecule has 0 aliphatic carbocycles. The van der Waals surface area contributed by atoms with Crippen LogP contribution in [-0.2, 0) is 4.79 Å². The molecule has 7 heteroatoms. The fourth-order valence-electron chi connectivity index (χ4n) is 2.97. The van der Waals surface area contributed by atoms with E-state index < -0.39 is 0 Å². The summed E-state index contributed by atoms with van der Waals surface area (Å²) in [5.41, 5.74) is 2.88. The van der Waals surface area contributed by atoms with Crippen molar-refractivity contribution in [3.8, 4) is 5.75 Å². The van der Waals surface area contributed by atoms with Gasteiger partial charge in [-0.05, 0) is 49.0 Å². The van der Waals surface area contributed by atoms with Crippen molar-refractivity contribution in [1.29, 1.82) is 0 Å². The summed E-state index contributed by atoms with van der Waals surface area (Å²) >= 11 is 11.4. The van der Waals surface area contributed by atoms with Crippen LogP contribution in [0, 0.1) is 0 Å². The monoisotopic (exact) mass is 401 g/mol. The standard InChI is InChI=1S/C20H20ClN3O2S/c1-12-17(19(25)22-15-6-4-5-7-16(15)26-3)18(23-20(27)24(12)2)13-8-10-14(21)11-9-13/h4-11,18H,1-3H3,(H,22,25)(H,23,27)/t18-/m0/s1. The summed E-state index contributed by atoms with van der Waals surface area (Å²) in [5.74, 6) is 0.374. The third-order valence-electron chi connectivity index (χ3n) is 4.56. The third-order valence-corrected chi connectivity index (χ3v) is 5.20. The highest BCUT2D eigenvalue weighted by Crippen LogP contribution is 2.32. The van der Waals surface area contributed by atoms with Crippen molar-refractivity contribution in [3.63, 3.8) is 0 Å². The molecule has 0 aromatic heterocycles. The number of hydrogen-bond donors (Lipinski definition) is 2. The first-order chi connectivity index (χ1) is 12.9. The van der Waals surface area contributed by atoms with Crippen LogP contribution >= 0.6 is 23.8 Å². The molecule has 0 radical (unpaired) electrons. The molecule has 1 amide bonds. The van der Waals surface area contributed by atoms with Crippen LogP contribution in [0.4, 0.5) is 5.69 Å². The number of carbonyl (C=O) groups excluding carboxylic acids is 1. The molecule has 0 unspecified atom stereocenters. The number of ether oxygens (including phenoxy) is 1. The minimum Gasteiger partial charge on any atom is -0.495 e. The number of benzene rings is 2. The maximum atomic E-state index is 13.2. The van der Waals surface area contributed by atoms with Gasteiger partial charge >= 0.3 is 0 Å². The summed E-state index contributed by atoms with van der Waals surface area (Å²) in [6.45, 7) is 1.88. The van der Waals surface area contributed by atoms with Crippen molar-refractivity contribution < 1.29 is 9.53 Å². The summed E-state index contributed by atoms with van der Waals surface area (Å²) in [6, 6.07) is 14.3. The van der Waals surface area contributed by atoms with Gasteiger partial charge in [-0.2, -0.15) is 0 Å². The Labute approximate surface area is 169 Å². The zero-order chi connectivity index (χ0) is 19.6. The molecule has 3 rings (SSSR count). The Morgan fingerprint density at radius 2 is 1.89 bits per heavy atom. The van der Waals surface area contributed by atoms with E-state index in [4.69, 9.17) is 28.6 Å². The van der Waals surface area contributed by atoms with Crippen LogP contribution in [-0.4, -0.2) is 30.1 Å². The topological polar surface area (TPSA) is 53.6 Å². The van der Waals surface area contributed by atoms with Gasteiger partial charge in [-0.15, -0.1) is 0 Å². The number of para-hydroxylation sites is 2. The van der Waals surface area contributed by atoms with Gasteiger partial charge < -0.3 is 20.3 Å². The molecule has 1 aliphatic heterocycles. The Hall–Kier alpha value is -2.57. The van der Waals surface area contributed by atoms with E-state index in [0.717, 1.165) is 11.3 Å². The first-order valence-electron chi connectivity index (χ1n) is 8.37. The molecule has 0 spiro atoms. The van der Waals surface area contributed by atoms with Gasteiger partial charge in [0, 0.05) is 17.8 Å². The number of methoxy groups -OCH3 is 1. The van der Waals surface area contributed by atoms with Gasteiger partial charge in [-0.3, -0.25) is 4.79 Å². The predicted octanol–water partition coefficient (Wildman–Crippen LogP) is 4.12. The molecule has 0 fully saturated rings. The van der Waals surface area contributed by atoms with Gasteiger partial charge in [0.15, 0.2) is 5.11 Å². The number of nitrogens with zero attached hydrogens (tertiary/aromatic N) is 1. The highest BCUT2D eigenvalue weighted by Gasteiger charge is 2.32. The normalized spacial score (nSPS) is 16.8. The number of hydrogen-bond acceptors (Lipinski definition) is 3. The number of amides is 1. The highest BCUT2D eigenvalue weighted by molar-refractivity contribution is 7.80. The molecule has 2 aromatic rings. The van der Waals surface area contributed by atoms with Crippen LogP contribution in [0.1, 0.15) is 18.5 Å². The van der Waals surface area contributed by atoms with Crippen molar-refractivity contribution in [1.82, 2.24) is 10.2 Å². The second-order valence-electron chi connectivity index (χ2n) is 6.15. The molecule has 1 aliphatic rings. The molecule has 140 valence electrons. The summed E-state index contributed by atoms with van der Waals surface area (Å²) in [5, 5.41) is 7.38. The molecular formula is C20H20ClN3O2S. The van der Waals surface area contributed by atoms with Crippen LogP contribution in [0.5, 0.6) is 5.75 Å². The molecule has 27 heavy (non-hydrogen) atoms. The number of thiocarbonyl (C=S) groups is 1. The van der Waals surface area contributed by atoms with Gasteiger partial charge in [-0.25, -0.2) is 0 Å². The average Bonchev–Trinajstić information content (AvgIpc) is 2.66. The Bertz CT molecular complexity index is 912. The quantitative estimate of drug-likeness (QED) is 0.755. The molecule has 2 N–H and O–H groups in total. The molecule has 0 saturated carbocycles. The zero-order valence-electron chi connectivity index (χ0n) is 15.2. The van der Waals surface area contributed by atoms with Crippen LogP contribution in [0.2, 0.25) is 5.02 Å². The fourth-order valence-corrected chi connectivity index (χ4v) is 3.35. The van der Waals surface area contributed by atoms with E-state index in [0.29, 0.717) is 27.1 Å². The highest BCUT2D eigenvalue weighted by atomic mass is 35.5. The zero-order valence-corrected chi connectivity index (χ0v) is 16.8. The minimum absolute atomic E-state index is 0.223. The molecule has 1 atom stereocenters. The van der Waals surface area contributed by atoms with Crippen molar-refractivity contribution >= 4 is 40.5 Å². The largest absolute Gasteiger partial charge is 0.495 e. The van der Waals surface area contributed by atoms with Crippen LogP contribution in [0.15, 0.2) is 59.8 Å². The summed E-state index contributed by atoms with van der Waals surface area (Å²) in [7, 11) is 3.40. The van der Waals surface area contributed by atoms with Gasteiger partial charge in [0.25, 0.3) is 5.91 Å². The second kappa shape index (κ2) is 7.98. The smallest absolute Gasteiger partial charge is 0.255 e. The lowest BCUT2D eigenvalue weighted by Gasteiger charge is -2.35. The maximum absolute atomic E-state index is 13.2. The van der Waals surface area contributed by atoms with Crippen molar-refractivity contribution in [2.45, 2.75) is 13.0 Å². The summed E-state index contributed by atoms with van der Waals surface area (Å²) in [4.78, 5) is 15.0. The number of nitrogens with one attached hydrogen (secondary N) is 2. The summed E-state index contributed by atoms with van der Waals surface area (Å²) in [6.07, 6.45) is 0. The van der Waals surface area contributed by atoms with E-state index in [9.17, 15) is 4.79 Å². The SMILES string of the molecule is COc1ccccc1NC(=O)C1=C(C)N(C)C(=S)N[C@H]1c1ccc(Cl)cc1. The lowest BCUT2D eigenvalue weighted by Crippen LogP contribution is -2.46. The second-order valence-corrected chi connectivity index (χ2v) is 6.97. The van der Waals surface area contributed by atoms with E-state index in [-0.39, 0.29) is 11.9 Å². The van der Waals surface area contributed by atoms with Crippen molar-refractivity contribution in [3.05, 3.63) is 70.4 Å². The molecule has 1 heterocycles. The molecule has 5 nitrogen and oxygen atoms in total. The van der Waals surface area contributed by atoms with Crippen LogP contribution < -0.4 is 15.4 Å². The van der Waals surface area contributed by atoms with E-state index in [1.54, 1.807) is 36.3 Å². The minimum atomic E-state index is -0.374. The number of halogens is 1. The van der Waals surface area contributed by atoms with Gasteiger partial charge in [0.2, 0.25) is 0 Å². The summed E-state index contributed by atoms with van der Waals surface area (Å²) < 4.78 is 5.33. The van der Waals surface area contributed by atoms with E-state index in [1.807, 2.05) is 38.2 Å². The van der Waals surface area contributed by atoms with Gasteiger partial charge in [-0.1, -0.05) is 35.9 Å². The van der Waals surface area contributed by atoms with Gasteiger partial charge in [0.1, 0.15) is 5.75 Å². The average molecular weight is 402 g/mol. The van der Waals surface area contributed by atoms with E-state index in [2.05, 4.69) is 10.6 Å². The molecular weight excluding hydrogens is 382 g/mol. The first-order valence-corrected chi connectivity index (χ1v) is 9.15. The molecule has 2 aromatic carbocycles. The fraction of sp³-hybridized carbons (Fsp3) is 0.200. The van der Waals surface area contributed by atoms with Crippen molar-refractivity contribution in [2.75, 3.05) is 19.5 Å². The molecule has 0 saturated heterocycles. The Balaban J connectivity index is 2.00. The third kappa shape index (κ3) is 3.91. The van der Waals surface area contributed by atoms with Gasteiger partial charge in [0.05, 0.1) is 24.4 Å². The predicted molar refractivity (Wildman–Crippen MR) is 112 cm³/mol. The lowest BCUT2D eigenvalue weighted by atomic mass is 9.94.